The van der Waals surface area contributed by atoms with E-state index in [1.54, 1.807) is 74.9 Å². The second kappa shape index (κ2) is 8.88. The van der Waals surface area contributed by atoms with Crippen LogP contribution in [0.5, 0.6) is 0 Å². The van der Waals surface area contributed by atoms with E-state index in [-0.39, 0.29) is 10.8 Å². The van der Waals surface area contributed by atoms with Crippen LogP contribution in [0.4, 0.5) is 11.6 Å². The number of hydrogen-bond donors (Lipinski definition) is 3. The Balaban J connectivity index is 1.69. The molecule has 0 saturated heterocycles. The molecule has 0 bridgehead atoms. The number of benzene rings is 2. The number of carbonyl (C=O) groups excluding carboxylic acids is 1. The van der Waals surface area contributed by atoms with Crippen molar-refractivity contribution >= 4 is 33.1 Å². The zero-order valence-corrected chi connectivity index (χ0v) is 20.1. The predicted molar refractivity (Wildman–Crippen MR) is 132 cm³/mol. The molecule has 0 aliphatic heterocycles. The van der Waals surface area contributed by atoms with Crippen LogP contribution in [0.1, 0.15) is 31.1 Å². The van der Waals surface area contributed by atoms with Crippen LogP contribution in [-0.4, -0.2) is 41.5 Å². The van der Waals surface area contributed by atoms with Crippen LogP contribution in [0.3, 0.4) is 0 Å². The SMILES string of the molecule is CNC(=O)c1cccc(Nc2ncc3ccc(-c4cccc(S(=O)(=O)NC(C)(C)C)c4)n3n2)c1. The number of amides is 1. The average molecular weight is 479 g/mol. The molecule has 2 heterocycles. The van der Waals surface area contributed by atoms with Gasteiger partial charge in [-0.2, -0.15) is 0 Å². The average Bonchev–Trinajstić information content (AvgIpc) is 3.20. The van der Waals surface area contributed by atoms with Gasteiger partial charge in [-0.1, -0.05) is 18.2 Å². The highest BCUT2D eigenvalue weighted by Crippen LogP contribution is 2.25. The van der Waals surface area contributed by atoms with Crippen molar-refractivity contribution in [2.24, 2.45) is 0 Å². The highest BCUT2D eigenvalue weighted by molar-refractivity contribution is 7.89. The lowest BCUT2D eigenvalue weighted by molar-refractivity contribution is 0.0963. The zero-order chi connectivity index (χ0) is 24.5. The summed E-state index contributed by atoms with van der Waals surface area (Å²) in [6.07, 6.45) is 1.67. The monoisotopic (exact) mass is 478 g/mol. The zero-order valence-electron chi connectivity index (χ0n) is 19.3. The van der Waals surface area contributed by atoms with Crippen LogP contribution >= 0.6 is 0 Å². The fourth-order valence-corrected chi connectivity index (χ4v) is 4.94. The molecule has 0 unspecified atom stereocenters. The van der Waals surface area contributed by atoms with Crippen LogP contribution in [0.2, 0.25) is 0 Å². The van der Waals surface area contributed by atoms with Gasteiger partial charge in [-0.15, -0.1) is 5.10 Å². The lowest BCUT2D eigenvalue weighted by Crippen LogP contribution is -2.40. The van der Waals surface area contributed by atoms with Crippen molar-refractivity contribution in [2.75, 3.05) is 12.4 Å². The first kappa shape index (κ1) is 23.4. The van der Waals surface area contributed by atoms with Crippen LogP contribution in [0.25, 0.3) is 16.8 Å². The molecule has 0 radical (unpaired) electrons. The second-order valence-electron chi connectivity index (χ2n) is 8.81. The van der Waals surface area contributed by atoms with Gasteiger partial charge in [0.15, 0.2) is 0 Å². The smallest absolute Gasteiger partial charge is 0.251 e. The molecule has 2 aromatic carbocycles. The quantitative estimate of drug-likeness (QED) is 0.390. The molecule has 0 aliphatic carbocycles. The molecule has 4 rings (SSSR count). The van der Waals surface area contributed by atoms with Gasteiger partial charge in [0.2, 0.25) is 16.0 Å². The maximum atomic E-state index is 12.8. The number of anilines is 2. The summed E-state index contributed by atoms with van der Waals surface area (Å²) in [7, 11) is -2.11. The first-order valence-electron chi connectivity index (χ1n) is 10.6. The van der Waals surface area contributed by atoms with E-state index in [0.29, 0.717) is 28.5 Å². The van der Waals surface area contributed by atoms with Crippen LogP contribution in [0, 0.1) is 0 Å². The summed E-state index contributed by atoms with van der Waals surface area (Å²) < 4.78 is 30.0. The maximum absolute atomic E-state index is 12.8. The molecular formula is C24H26N6O3S. The Morgan fingerprint density at radius 3 is 2.50 bits per heavy atom. The Morgan fingerprint density at radius 1 is 1.00 bits per heavy atom. The van der Waals surface area contributed by atoms with Gasteiger partial charge in [-0.25, -0.2) is 22.6 Å². The number of rotatable bonds is 6. The predicted octanol–water partition coefficient (Wildman–Crippen LogP) is 3.58. The summed E-state index contributed by atoms with van der Waals surface area (Å²) in [5.41, 5.74) is 2.74. The topological polar surface area (TPSA) is 117 Å². The fourth-order valence-electron chi connectivity index (χ4n) is 3.47. The Labute approximate surface area is 198 Å². The lowest BCUT2D eigenvalue weighted by atomic mass is 10.1. The van der Waals surface area contributed by atoms with E-state index < -0.39 is 15.6 Å². The van der Waals surface area contributed by atoms with Crippen LogP contribution in [-0.2, 0) is 10.0 Å². The highest BCUT2D eigenvalue weighted by atomic mass is 32.2. The van der Waals surface area contributed by atoms with Gasteiger partial charge in [0.25, 0.3) is 5.91 Å². The summed E-state index contributed by atoms with van der Waals surface area (Å²) >= 11 is 0. The molecule has 0 aliphatic rings. The summed E-state index contributed by atoms with van der Waals surface area (Å²) in [5.74, 6) is 0.140. The summed E-state index contributed by atoms with van der Waals surface area (Å²) in [6.45, 7) is 5.39. The number of aromatic nitrogens is 3. The van der Waals surface area contributed by atoms with Crippen LogP contribution < -0.4 is 15.4 Å². The van der Waals surface area contributed by atoms with Gasteiger partial charge in [-0.3, -0.25) is 4.79 Å². The Hall–Kier alpha value is -3.76. The van der Waals surface area contributed by atoms with Gasteiger partial charge >= 0.3 is 0 Å². The standard InChI is InChI=1S/C24H26N6O3S/c1-24(2,3)29-34(32,33)20-10-6-7-16(14-20)21-12-11-19-15-26-23(28-30(19)21)27-18-9-5-8-17(13-18)22(31)25-4/h5-15,29H,1-4H3,(H,25,31)(H,27,28). The van der Waals surface area contributed by atoms with Crippen molar-refractivity contribution in [3.05, 3.63) is 72.4 Å². The number of sulfonamides is 1. The molecule has 10 heteroatoms. The molecule has 2 aromatic heterocycles. The molecule has 34 heavy (non-hydrogen) atoms. The third kappa shape index (κ3) is 5.08. The molecule has 9 nitrogen and oxygen atoms in total. The van der Waals surface area contributed by atoms with Crippen molar-refractivity contribution in [1.29, 1.82) is 0 Å². The van der Waals surface area contributed by atoms with Gasteiger partial charge < -0.3 is 10.6 Å². The summed E-state index contributed by atoms with van der Waals surface area (Å²) in [6, 6.07) is 17.5. The van der Waals surface area contributed by atoms with Crippen molar-refractivity contribution in [2.45, 2.75) is 31.2 Å². The molecule has 1 amide bonds. The molecule has 3 N–H and O–H groups in total. The fraction of sp³-hybridized carbons (Fsp3) is 0.208. The Kier molecular flexibility index (Phi) is 6.11. The van der Waals surface area contributed by atoms with E-state index in [0.717, 1.165) is 5.52 Å². The van der Waals surface area contributed by atoms with E-state index >= 15 is 0 Å². The van der Waals surface area contributed by atoms with Crippen molar-refractivity contribution in [1.82, 2.24) is 24.6 Å². The van der Waals surface area contributed by atoms with Crippen molar-refractivity contribution < 1.29 is 13.2 Å². The number of nitrogens with zero attached hydrogens (tertiary/aromatic N) is 3. The number of fused-ring (bicyclic) bond motifs is 1. The van der Waals surface area contributed by atoms with E-state index in [9.17, 15) is 13.2 Å². The number of carbonyl (C=O) groups is 1. The van der Waals surface area contributed by atoms with Gasteiger partial charge in [0.1, 0.15) is 0 Å². The Morgan fingerprint density at radius 2 is 1.76 bits per heavy atom. The molecule has 4 aromatic rings. The lowest BCUT2D eigenvalue weighted by Gasteiger charge is -2.20. The maximum Gasteiger partial charge on any atom is 0.251 e. The van der Waals surface area contributed by atoms with E-state index in [1.807, 2.05) is 24.3 Å². The first-order valence-corrected chi connectivity index (χ1v) is 12.1. The third-order valence-corrected chi connectivity index (χ3v) is 6.64. The minimum absolute atomic E-state index is 0.174. The molecule has 176 valence electrons. The van der Waals surface area contributed by atoms with Gasteiger partial charge in [-0.05, 0) is 63.2 Å². The third-order valence-electron chi connectivity index (χ3n) is 4.89. The first-order chi connectivity index (χ1) is 16.1. The van der Waals surface area contributed by atoms with Gasteiger partial charge in [0, 0.05) is 29.4 Å². The molecule has 0 spiro atoms. The minimum Gasteiger partial charge on any atom is -0.355 e. The van der Waals surface area contributed by atoms with E-state index in [4.69, 9.17) is 0 Å². The van der Waals surface area contributed by atoms with E-state index in [2.05, 4.69) is 25.4 Å². The molecule has 0 saturated carbocycles. The number of hydrogen-bond acceptors (Lipinski definition) is 6. The van der Waals surface area contributed by atoms with Crippen molar-refractivity contribution in [3.63, 3.8) is 0 Å². The largest absolute Gasteiger partial charge is 0.355 e. The number of nitrogens with one attached hydrogen (secondary N) is 3. The molecule has 0 atom stereocenters. The second-order valence-corrected chi connectivity index (χ2v) is 10.5. The Bertz CT molecular complexity index is 1470. The van der Waals surface area contributed by atoms with E-state index in [1.165, 1.54) is 0 Å². The summed E-state index contributed by atoms with van der Waals surface area (Å²) in [5, 5.41) is 10.3. The minimum atomic E-state index is -3.68. The van der Waals surface area contributed by atoms with Gasteiger partial charge in [0.05, 0.1) is 22.3 Å². The molecular weight excluding hydrogens is 452 g/mol. The van der Waals surface area contributed by atoms with Crippen LogP contribution in [0.15, 0.2) is 71.8 Å². The molecule has 0 fully saturated rings. The summed E-state index contributed by atoms with van der Waals surface area (Å²) in [4.78, 5) is 16.4. The highest BCUT2D eigenvalue weighted by Gasteiger charge is 2.22. The normalized spacial score (nSPS) is 12.0. The van der Waals surface area contributed by atoms with Crippen molar-refractivity contribution in [3.8, 4) is 11.3 Å².